The molecule has 1 aliphatic rings. The number of carbonyl (C=O) groups excluding carboxylic acids is 4. The molecule has 15 nitrogen and oxygen atoms in total. The number of fused-ring (bicyclic) bond motifs is 1. The van der Waals surface area contributed by atoms with Crippen LogP contribution in [0.4, 0.5) is 50.4 Å². The highest BCUT2D eigenvalue weighted by atomic mass is 127. The highest BCUT2D eigenvalue weighted by molar-refractivity contribution is 14.1. The molecule has 0 fully saturated rings. The lowest BCUT2D eigenvalue weighted by Crippen LogP contribution is -2.27. The highest BCUT2D eigenvalue weighted by Crippen LogP contribution is 2.22. The number of aromatic nitrogens is 4. The number of nitrogen functional groups attached to an aromatic ring is 1. The number of carbonyl (C=O) groups is 4. The van der Waals surface area contributed by atoms with Crippen molar-refractivity contribution in [2.45, 2.75) is 85.4 Å². The summed E-state index contributed by atoms with van der Waals surface area (Å²) in [4.78, 5) is 58.9. The number of rotatable bonds is 6. The van der Waals surface area contributed by atoms with Crippen molar-refractivity contribution in [1.29, 1.82) is 0 Å². The van der Waals surface area contributed by atoms with Gasteiger partial charge in [-0.1, -0.05) is 19.9 Å². The maximum atomic E-state index is 13.1. The zero-order valence-electron chi connectivity index (χ0n) is 34.2. The SMILES string of the molecule is C=CC(=O)OCCCC.CC(C)(C)OC(=O)Nc1cc(F)ccn1.CC(C)(C)OC(=O)Nc1nccc(F)c1I.Nc1cc(F)ccn1.O=C1CCc2c(F)ccnc2N1. The van der Waals surface area contributed by atoms with E-state index in [1.165, 1.54) is 61.2 Å². The van der Waals surface area contributed by atoms with Crippen LogP contribution >= 0.6 is 22.6 Å². The van der Waals surface area contributed by atoms with Gasteiger partial charge in [0.2, 0.25) is 5.91 Å². The van der Waals surface area contributed by atoms with Crippen LogP contribution < -0.4 is 21.7 Å². The number of anilines is 4. The molecule has 326 valence electrons. The van der Waals surface area contributed by atoms with Crippen molar-refractivity contribution in [1.82, 2.24) is 19.9 Å². The Morgan fingerprint density at radius 2 is 1.38 bits per heavy atom. The Balaban J connectivity index is 0.000000384. The van der Waals surface area contributed by atoms with Crippen molar-refractivity contribution in [2.75, 3.05) is 28.3 Å². The van der Waals surface area contributed by atoms with Crippen LogP contribution in [-0.4, -0.2) is 61.8 Å². The average molecular weight is 957 g/mol. The normalized spacial score (nSPS) is 11.2. The average Bonchev–Trinajstić information content (AvgIpc) is 3.13. The van der Waals surface area contributed by atoms with Gasteiger partial charge in [0, 0.05) is 55.0 Å². The Bertz CT molecular complexity index is 2020. The summed E-state index contributed by atoms with van der Waals surface area (Å²) in [5.74, 6) is -1.09. The van der Waals surface area contributed by atoms with Gasteiger partial charge >= 0.3 is 18.2 Å². The first-order valence-corrected chi connectivity index (χ1v) is 19.1. The summed E-state index contributed by atoms with van der Waals surface area (Å²) in [6.07, 6.45) is 7.86. The number of ether oxygens (including phenoxy) is 3. The van der Waals surface area contributed by atoms with Gasteiger partial charge in [-0.15, -0.1) is 0 Å². The minimum Gasteiger partial charge on any atom is -0.463 e. The molecule has 5 N–H and O–H groups in total. The Morgan fingerprint density at radius 3 is 1.92 bits per heavy atom. The Labute approximate surface area is 359 Å². The molecule has 0 saturated carbocycles. The van der Waals surface area contributed by atoms with Crippen molar-refractivity contribution >= 4 is 69.9 Å². The highest BCUT2D eigenvalue weighted by Gasteiger charge is 2.20. The molecule has 0 aliphatic carbocycles. The van der Waals surface area contributed by atoms with Gasteiger partial charge in [0.25, 0.3) is 0 Å². The number of pyridine rings is 4. The Hall–Kier alpha value is -5.93. The van der Waals surface area contributed by atoms with Gasteiger partial charge in [-0.25, -0.2) is 51.9 Å². The van der Waals surface area contributed by atoms with Gasteiger partial charge in [-0.05, 0) is 101 Å². The van der Waals surface area contributed by atoms with Gasteiger partial charge in [0.1, 0.15) is 51.9 Å². The van der Waals surface area contributed by atoms with Crippen molar-refractivity contribution in [3.05, 3.63) is 106 Å². The van der Waals surface area contributed by atoms with Crippen LogP contribution in [-0.2, 0) is 30.2 Å². The molecule has 0 spiro atoms. The van der Waals surface area contributed by atoms with Crippen LogP contribution in [0.3, 0.4) is 0 Å². The number of nitrogens with zero attached hydrogens (tertiary/aromatic N) is 4. The quantitative estimate of drug-likeness (QED) is 0.0356. The van der Waals surface area contributed by atoms with Gasteiger partial charge in [0.15, 0.2) is 5.82 Å². The first kappa shape index (κ1) is 52.1. The molecular weight excluding hydrogens is 907 g/mol. The minimum atomic E-state index is -0.652. The maximum absolute atomic E-state index is 13.1. The lowest BCUT2D eigenvalue weighted by atomic mass is 10.1. The fraction of sp³-hybridized carbons (Fsp3) is 0.350. The van der Waals surface area contributed by atoms with Crippen LogP contribution in [0.2, 0.25) is 0 Å². The lowest BCUT2D eigenvalue weighted by molar-refractivity contribution is -0.137. The molecule has 0 bridgehead atoms. The molecule has 3 amide bonds. The molecule has 1 aliphatic heterocycles. The number of hydrogen-bond donors (Lipinski definition) is 4. The second kappa shape index (κ2) is 26.2. The summed E-state index contributed by atoms with van der Waals surface area (Å²) >= 11 is 1.77. The number of nitrogens with two attached hydrogens (primary N) is 1. The molecule has 0 unspecified atom stereocenters. The third-order valence-corrected chi connectivity index (χ3v) is 7.35. The molecule has 0 atom stereocenters. The topological polar surface area (TPSA) is 210 Å². The zero-order chi connectivity index (χ0) is 45.5. The van der Waals surface area contributed by atoms with E-state index in [-0.39, 0.29) is 44.5 Å². The standard InChI is InChI=1S/C10H12FIN2O2.C10H13FN2O2.C8H7FN2O.C7H12O2.C5H5FN2/c1-10(2,3)16-9(15)14-8-7(12)6(11)4-5-13-8;1-10(2,3)15-9(14)13-8-6-7(11)4-5-12-8;9-6-3-4-10-8-5(6)1-2-7(12)11-8;1-3-5-6-9-7(8)4-2;6-4-1-2-8-5(7)3-4/h4-5H,1-3H3,(H,13,14,15);4-6H,1-3H3,(H,12,13,14);3-4H,1-2H2,(H,10,11,12);4H,2-3,5-6H2,1H3;1-3H,(H2,7,8). The third kappa shape index (κ3) is 23.5. The molecule has 0 saturated heterocycles. The van der Waals surface area contributed by atoms with E-state index in [0.717, 1.165) is 18.9 Å². The van der Waals surface area contributed by atoms with Crippen LogP contribution in [0, 0.1) is 26.8 Å². The minimum absolute atomic E-state index is 0.0967. The second-order valence-electron chi connectivity index (χ2n) is 13.9. The first-order valence-electron chi connectivity index (χ1n) is 18.0. The van der Waals surface area contributed by atoms with E-state index >= 15 is 0 Å². The molecule has 0 aromatic carbocycles. The van der Waals surface area contributed by atoms with Crippen LogP contribution in [0.1, 0.15) is 73.3 Å². The van der Waals surface area contributed by atoms with E-state index in [1.54, 1.807) is 64.1 Å². The van der Waals surface area contributed by atoms with Crippen LogP contribution in [0.5, 0.6) is 0 Å². The van der Waals surface area contributed by atoms with Crippen molar-refractivity contribution in [3.63, 3.8) is 0 Å². The summed E-state index contributed by atoms with van der Waals surface area (Å²) in [6, 6.07) is 7.25. The smallest absolute Gasteiger partial charge is 0.413 e. The Morgan fingerprint density at radius 1 is 0.833 bits per heavy atom. The number of amides is 3. The maximum Gasteiger partial charge on any atom is 0.413 e. The summed E-state index contributed by atoms with van der Waals surface area (Å²) < 4.78 is 65.8. The van der Waals surface area contributed by atoms with Crippen LogP contribution in [0.15, 0.2) is 73.8 Å². The van der Waals surface area contributed by atoms with Gasteiger partial charge in [-0.2, -0.15) is 0 Å². The molecule has 0 radical (unpaired) electrons. The molecule has 5 heterocycles. The van der Waals surface area contributed by atoms with Crippen molar-refractivity contribution in [2.24, 2.45) is 0 Å². The lowest BCUT2D eigenvalue weighted by Gasteiger charge is -2.19. The van der Waals surface area contributed by atoms with Crippen molar-refractivity contribution in [3.8, 4) is 0 Å². The van der Waals surface area contributed by atoms with Gasteiger partial charge < -0.3 is 25.3 Å². The number of hydrogen-bond acceptors (Lipinski definition) is 12. The predicted molar refractivity (Wildman–Crippen MR) is 227 cm³/mol. The van der Waals surface area contributed by atoms with Gasteiger partial charge in [0.05, 0.1) is 10.2 Å². The summed E-state index contributed by atoms with van der Waals surface area (Å²) in [6.45, 7) is 16.3. The van der Waals surface area contributed by atoms with Crippen LogP contribution in [0.25, 0.3) is 0 Å². The van der Waals surface area contributed by atoms with E-state index in [1.807, 2.05) is 6.92 Å². The number of nitrogens with one attached hydrogen (secondary N) is 3. The molecule has 4 aromatic heterocycles. The van der Waals surface area contributed by atoms with Gasteiger partial charge in [-0.3, -0.25) is 15.4 Å². The fourth-order valence-electron chi connectivity index (χ4n) is 3.83. The second-order valence-corrected chi connectivity index (χ2v) is 14.9. The molecular formula is C40H49F4IN8O7. The molecule has 20 heteroatoms. The monoisotopic (exact) mass is 956 g/mol. The largest absolute Gasteiger partial charge is 0.463 e. The van der Waals surface area contributed by atoms with Crippen molar-refractivity contribution < 1.29 is 51.0 Å². The molecule has 5 rings (SSSR count). The Kier molecular flexibility index (Phi) is 22.8. The van der Waals surface area contributed by atoms with E-state index in [2.05, 4.69) is 47.2 Å². The van der Waals surface area contributed by atoms with E-state index < -0.39 is 35.0 Å². The number of esters is 1. The first-order chi connectivity index (χ1) is 28.0. The number of unbranched alkanes of at least 4 members (excludes halogenated alkanes) is 1. The molecule has 60 heavy (non-hydrogen) atoms. The summed E-state index contributed by atoms with van der Waals surface area (Å²) in [7, 11) is 0. The predicted octanol–water partition coefficient (Wildman–Crippen LogP) is 9.16. The molecule has 4 aromatic rings. The zero-order valence-corrected chi connectivity index (χ0v) is 36.4. The number of halogens is 5. The summed E-state index contributed by atoms with van der Waals surface area (Å²) in [5, 5.41) is 7.23. The van der Waals surface area contributed by atoms with E-state index in [4.69, 9.17) is 15.2 Å². The van der Waals surface area contributed by atoms with E-state index in [0.29, 0.717) is 30.8 Å². The van der Waals surface area contributed by atoms with E-state index in [9.17, 15) is 36.7 Å². The third-order valence-electron chi connectivity index (χ3n) is 6.32. The summed E-state index contributed by atoms with van der Waals surface area (Å²) in [5.41, 5.74) is 4.44. The fourth-order valence-corrected chi connectivity index (χ4v) is 4.29.